The van der Waals surface area contributed by atoms with Crippen LogP contribution in [0.25, 0.3) is 0 Å². The number of hydrogen-bond donors (Lipinski definition) is 1. The number of carbonyl (C=O) groups is 4. The molecule has 2 heterocycles. The van der Waals surface area contributed by atoms with E-state index in [9.17, 15) is 19.2 Å². The maximum Gasteiger partial charge on any atom is 0.265 e. The molecule has 5 rings (SSSR count). The van der Waals surface area contributed by atoms with Gasteiger partial charge in [0.15, 0.2) is 6.61 Å². The summed E-state index contributed by atoms with van der Waals surface area (Å²) < 4.78 is 11.4. The molecule has 0 aromatic heterocycles. The summed E-state index contributed by atoms with van der Waals surface area (Å²) in [4.78, 5) is 53.0. The Bertz CT molecular complexity index is 1370. The molecule has 2 aliphatic rings. The number of hydrogen-bond acceptors (Lipinski definition) is 6. The van der Waals surface area contributed by atoms with Crippen molar-refractivity contribution in [2.45, 2.75) is 19.8 Å². The number of nitrogens with zero attached hydrogens (tertiary/aromatic N) is 2. The summed E-state index contributed by atoms with van der Waals surface area (Å²) in [5, 5.41) is 2.72. The Morgan fingerprint density at radius 1 is 0.947 bits per heavy atom. The normalized spacial score (nSPS) is 14.2. The van der Waals surface area contributed by atoms with Crippen LogP contribution in [-0.2, 0) is 16.0 Å². The number of benzene rings is 3. The molecule has 0 saturated carbocycles. The number of carbonyl (C=O) groups excluding carboxylic acids is 4. The molecule has 0 fully saturated rings. The lowest BCUT2D eigenvalue weighted by molar-refractivity contribution is -0.121. The fraction of sp³-hybridized carbons (Fsp3) is 0.241. The lowest BCUT2D eigenvalue weighted by Crippen LogP contribution is -2.40. The monoisotopic (exact) mass is 513 g/mol. The van der Waals surface area contributed by atoms with E-state index in [1.54, 1.807) is 47.4 Å². The Labute approximate surface area is 219 Å². The highest BCUT2D eigenvalue weighted by atomic mass is 16.5. The van der Waals surface area contributed by atoms with E-state index in [-0.39, 0.29) is 23.6 Å². The van der Waals surface area contributed by atoms with Crippen molar-refractivity contribution < 1.29 is 28.7 Å². The molecule has 0 aliphatic carbocycles. The van der Waals surface area contributed by atoms with Gasteiger partial charge in [0.1, 0.15) is 18.0 Å². The molecular formula is C29H27N3O6. The van der Waals surface area contributed by atoms with E-state index < -0.39 is 24.3 Å². The number of fused-ring (bicyclic) bond motifs is 2. The molecule has 0 unspecified atom stereocenters. The highest BCUT2D eigenvalue weighted by Crippen LogP contribution is 2.35. The number of aryl methyl sites for hydroxylation is 1. The Morgan fingerprint density at radius 3 is 2.34 bits per heavy atom. The van der Waals surface area contributed by atoms with Crippen molar-refractivity contribution in [2.24, 2.45) is 0 Å². The van der Waals surface area contributed by atoms with E-state index >= 15 is 0 Å². The zero-order valence-electron chi connectivity index (χ0n) is 20.9. The molecule has 38 heavy (non-hydrogen) atoms. The number of ether oxygens (including phenoxy) is 2. The van der Waals surface area contributed by atoms with Gasteiger partial charge < -0.3 is 19.7 Å². The zero-order chi connectivity index (χ0) is 26.6. The van der Waals surface area contributed by atoms with Gasteiger partial charge in [-0.3, -0.25) is 24.1 Å². The number of anilines is 2. The van der Waals surface area contributed by atoms with Gasteiger partial charge in [0, 0.05) is 12.2 Å². The third-order valence-corrected chi connectivity index (χ3v) is 6.49. The molecule has 0 bridgehead atoms. The second-order valence-electron chi connectivity index (χ2n) is 9.01. The van der Waals surface area contributed by atoms with E-state index in [2.05, 4.69) is 12.2 Å². The van der Waals surface area contributed by atoms with Crippen LogP contribution in [0.4, 0.5) is 11.4 Å². The summed E-state index contributed by atoms with van der Waals surface area (Å²) in [5.74, 6) is -0.423. The largest absolute Gasteiger partial charge is 0.494 e. The number of nitrogens with one attached hydrogen (secondary N) is 1. The summed E-state index contributed by atoms with van der Waals surface area (Å²) in [6.07, 6.45) is 1.56. The van der Waals surface area contributed by atoms with Crippen LogP contribution >= 0.6 is 0 Å². The molecule has 9 nitrogen and oxygen atoms in total. The quantitative estimate of drug-likeness (QED) is 0.346. The van der Waals surface area contributed by atoms with E-state index in [4.69, 9.17) is 9.47 Å². The molecule has 3 aromatic carbocycles. The van der Waals surface area contributed by atoms with Gasteiger partial charge in [0.25, 0.3) is 17.7 Å². The number of amides is 4. The van der Waals surface area contributed by atoms with Crippen LogP contribution in [0.2, 0.25) is 0 Å². The summed E-state index contributed by atoms with van der Waals surface area (Å²) in [6.45, 7) is 2.45. The van der Waals surface area contributed by atoms with E-state index in [1.807, 2.05) is 24.3 Å². The van der Waals surface area contributed by atoms with E-state index in [1.165, 1.54) is 5.56 Å². The summed E-state index contributed by atoms with van der Waals surface area (Å²) in [6, 6.07) is 19.4. The third-order valence-electron chi connectivity index (χ3n) is 6.49. The molecule has 0 radical (unpaired) electrons. The van der Waals surface area contributed by atoms with Crippen LogP contribution < -0.4 is 19.7 Å². The van der Waals surface area contributed by atoms with Crippen molar-refractivity contribution in [3.8, 4) is 11.5 Å². The minimum Gasteiger partial charge on any atom is -0.494 e. The van der Waals surface area contributed by atoms with Crippen molar-refractivity contribution in [1.82, 2.24) is 4.90 Å². The Balaban J connectivity index is 1.20. The van der Waals surface area contributed by atoms with Crippen molar-refractivity contribution in [3.63, 3.8) is 0 Å². The van der Waals surface area contributed by atoms with Crippen LogP contribution in [0.15, 0.2) is 66.7 Å². The standard InChI is InChI=1S/C29H27N3O6/c1-2-19-8-11-21(12-9-19)37-15-5-14-31-24-16-20(10-13-25(24)38-18-27(31)34)30-26(33)17-32-28(35)22-6-3-4-7-23(22)29(32)36/h3-4,6-13,16H,2,5,14-15,17-18H2,1H3,(H,30,33). The van der Waals surface area contributed by atoms with Crippen LogP contribution in [-0.4, -0.2) is 54.8 Å². The first kappa shape index (κ1) is 25.0. The van der Waals surface area contributed by atoms with Gasteiger partial charge in [-0.2, -0.15) is 0 Å². The summed E-state index contributed by atoms with van der Waals surface area (Å²) in [5.41, 5.74) is 2.76. The van der Waals surface area contributed by atoms with Gasteiger partial charge in [-0.05, 0) is 60.9 Å². The van der Waals surface area contributed by atoms with E-state index in [0.29, 0.717) is 36.7 Å². The number of imide groups is 1. The molecule has 0 saturated heterocycles. The first-order valence-electron chi connectivity index (χ1n) is 12.5. The summed E-state index contributed by atoms with van der Waals surface area (Å²) >= 11 is 0. The second-order valence-corrected chi connectivity index (χ2v) is 9.01. The maximum absolute atomic E-state index is 12.7. The fourth-order valence-corrected chi connectivity index (χ4v) is 4.49. The van der Waals surface area contributed by atoms with Crippen molar-refractivity contribution in [3.05, 3.63) is 83.4 Å². The molecule has 0 spiro atoms. The van der Waals surface area contributed by atoms with Gasteiger partial charge in [-0.25, -0.2) is 0 Å². The van der Waals surface area contributed by atoms with Gasteiger partial charge >= 0.3 is 0 Å². The second kappa shape index (κ2) is 10.8. The average Bonchev–Trinajstić information content (AvgIpc) is 3.17. The minimum atomic E-state index is -0.531. The fourth-order valence-electron chi connectivity index (χ4n) is 4.49. The van der Waals surface area contributed by atoms with Crippen LogP contribution in [0.5, 0.6) is 11.5 Å². The zero-order valence-corrected chi connectivity index (χ0v) is 20.9. The van der Waals surface area contributed by atoms with Gasteiger partial charge in [0.2, 0.25) is 5.91 Å². The predicted octanol–water partition coefficient (Wildman–Crippen LogP) is 3.68. The van der Waals surface area contributed by atoms with Gasteiger partial charge in [0.05, 0.1) is 23.4 Å². The molecule has 3 aromatic rings. The first-order chi connectivity index (χ1) is 18.4. The molecule has 0 atom stereocenters. The first-order valence-corrected chi connectivity index (χ1v) is 12.5. The Kier molecular flexibility index (Phi) is 7.08. The maximum atomic E-state index is 12.7. The Morgan fingerprint density at radius 2 is 1.66 bits per heavy atom. The van der Waals surface area contributed by atoms with Crippen LogP contribution in [0.1, 0.15) is 39.6 Å². The van der Waals surface area contributed by atoms with Crippen molar-refractivity contribution in [2.75, 3.05) is 36.5 Å². The number of rotatable bonds is 9. The highest BCUT2D eigenvalue weighted by molar-refractivity contribution is 6.22. The SMILES string of the molecule is CCc1ccc(OCCCN2C(=O)COc3ccc(NC(=O)CN4C(=O)c5ccccc5C4=O)cc32)cc1. The lowest BCUT2D eigenvalue weighted by Gasteiger charge is -2.30. The van der Waals surface area contributed by atoms with E-state index in [0.717, 1.165) is 17.1 Å². The topological polar surface area (TPSA) is 105 Å². The molecule has 194 valence electrons. The Hall–Kier alpha value is -4.66. The molecular weight excluding hydrogens is 486 g/mol. The third kappa shape index (κ3) is 5.08. The lowest BCUT2D eigenvalue weighted by atomic mass is 10.1. The van der Waals surface area contributed by atoms with Crippen molar-refractivity contribution in [1.29, 1.82) is 0 Å². The smallest absolute Gasteiger partial charge is 0.265 e. The van der Waals surface area contributed by atoms with Crippen LogP contribution in [0, 0.1) is 0 Å². The predicted molar refractivity (Wildman–Crippen MR) is 141 cm³/mol. The van der Waals surface area contributed by atoms with Gasteiger partial charge in [-0.1, -0.05) is 31.2 Å². The van der Waals surface area contributed by atoms with Crippen molar-refractivity contribution >= 4 is 35.0 Å². The molecule has 4 amide bonds. The highest BCUT2D eigenvalue weighted by Gasteiger charge is 2.36. The molecule has 2 aliphatic heterocycles. The van der Waals surface area contributed by atoms with Crippen LogP contribution in [0.3, 0.4) is 0 Å². The molecule has 1 N–H and O–H groups in total. The summed E-state index contributed by atoms with van der Waals surface area (Å²) in [7, 11) is 0. The molecule has 9 heteroatoms. The average molecular weight is 514 g/mol. The van der Waals surface area contributed by atoms with Gasteiger partial charge in [-0.15, -0.1) is 0 Å². The minimum absolute atomic E-state index is 0.0716.